The molecule has 0 fully saturated rings. The van der Waals surface area contributed by atoms with Gasteiger partial charge in [0.1, 0.15) is 0 Å². The second kappa shape index (κ2) is 8.14. The van der Waals surface area contributed by atoms with Crippen molar-refractivity contribution in [3.63, 3.8) is 0 Å². The predicted molar refractivity (Wildman–Crippen MR) is 79.7 cm³/mol. The number of benzene rings is 1. The van der Waals surface area contributed by atoms with Crippen molar-refractivity contribution in [1.82, 2.24) is 5.32 Å². The molecule has 0 saturated carbocycles. The maximum Gasteiger partial charge on any atom is 0.221 e. The Kier molecular flexibility index (Phi) is 6.80. The Bertz CT molecular complexity index is 380. The van der Waals surface area contributed by atoms with Gasteiger partial charge in [0.15, 0.2) is 0 Å². The zero-order chi connectivity index (χ0) is 13.4. The molecule has 1 aromatic carbocycles. The van der Waals surface area contributed by atoms with Crippen LogP contribution in [0, 0.1) is 5.92 Å². The first-order chi connectivity index (χ1) is 8.59. The average molecular weight is 313 g/mol. The van der Waals surface area contributed by atoms with Crippen LogP contribution in [0.2, 0.25) is 0 Å². The molecule has 0 aliphatic carbocycles. The zero-order valence-corrected chi connectivity index (χ0v) is 12.6. The first-order valence-corrected chi connectivity index (χ1v) is 7.14. The van der Waals surface area contributed by atoms with E-state index in [1.165, 1.54) is 0 Å². The van der Waals surface area contributed by atoms with Gasteiger partial charge in [-0.3, -0.25) is 4.79 Å². The third-order valence-electron chi connectivity index (χ3n) is 2.59. The Balaban J connectivity index is 2.18. The van der Waals surface area contributed by atoms with E-state index in [2.05, 4.69) is 40.4 Å². The summed E-state index contributed by atoms with van der Waals surface area (Å²) in [5.74, 6) is 0.735. The normalized spacial score (nSPS) is 10.4. The number of carbonyl (C=O) groups excluding carboxylic acids is 1. The molecule has 18 heavy (non-hydrogen) atoms. The van der Waals surface area contributed by atoms with E-state index in [1.54, 1.807) is 0 Å². The minimum atomic E-state index is 0.107. The zero-order valence-electron chi connectivity index (χ0n) is 11.0. The molecular weight excluding hydrogens is 292 g/mol. The number of para-hydroxylation sites is 1. The van der Waals surface area contributed by atoms with Crippen LogP contribution in [0.3, 0.4) is 0 Å². The molecule has 0 atom stereocenters. The van der Waals surface area contributed by atoms with Crippen LogP contribution >= 0.6 is 15.9 Å². The van der Waals surface area contributed by atoms with E-state index in [4.69, 9.17) is 0 Å². The third-order valence-corrected chi connectivity index (χ3v) is 3.28. The molecule has 1 aromatic rings. The highest BCUT2D eigenvalue weighted by atomic mass is 79.9. The van der Waals surface area contributed by atoms with Gasteiger partial charge in [0, 0.05) is 29.7 Å². The molecule has 0 saturated heterocycles. The number of carbonyl (C=O) groups is 1. The molecule has 0 radical (unpaired) electrons. The van der Waals surface area contributed by atoms with E-state index in [-0.39, 0.29) is 5.91 Å². The van der Waals surface area contributed by atoms with Crippen molar-refractivity contribution in [2.45, 2.75) is 26.7 Å². The second-order valence-corrected chi connectivity index (χ2v) is 5.54. The lowest BCUT2D eigenvalue weighted by Gasteiger charge is -2.09. The van der Waals surface area contributed by atoms with Gasteiger partial charge in [-0.1, -0.05) is 26.0 Å². The summed E-state index contributed by atoms with van der Waals surface area (Å²) < 4.78 is 1.02. The van der Waals surface area contributed by atoms with Crippen molar-refractivity contribution in [2.24, 2.45) is 5.92 Å². The fraction of sp³-hybridized carbons (Fsp3) is 0.500. The molecule has 0 heterocycles. The van der Waals surface area contributed by atoms with Crippen LogP contribution in [0.25, 0.3) is 0 Å². The molecule has 1 amide bonds. The largest absolute Gasteiger partial charge is 0.384 e. The molecule has 2 N–H and O–H groups in total. The van der Waals surface area contributed by atoms with Gasteiger partial charge >= 0.3 is 0 Å². The van der Waals surface area contributed by atoms with E-state index >= 15 is 0 Å². The molecule has 0 aliphatic heterocycles. The lowest BCUT2D eigenvalue weighted by atomic mass is 10.1. The molecule has 3 nitrogen and oxygen atoms in total. The van der Waals surface area contributed by atoms with Crippen LogP contribution in [0.5, 0.6) is 0 Å². The number of hydrogen-bond donors (Lipinski definition) is 2. The summed E-state index contributed by atoms with van der Waals surface area (Å²) in [5.41, 5.74) is 1.02. The number of halogens is 1. The van der Waals surface area contributed by atoms with Gasteiger partial charge < -0.3 is 10.6 Å². The Hall–Kier alpha value is -1.03. The molecule has 4 heteroatoms. The fourth-order valence-corrected chi connectivity index (χ4v) is 1.93. The van der Waals surface area contributed by atoms with Crippen LogP contribution < -0.4 is 10.6 Å². The van der Waals surface area contributed by atoms with Crippen molar-refractivity contribution in [3.8, 4) is 0 Å². The molecule has 0 spiro atoms. The monoisotopic (exact) mass is 312 g/mol. The van der Waals surface area contributed by atoms with Crippen molar-refractivity contribution in [2.75, 3.05) is 18.4 Å². The summed E-state index contributed by atoms with van der Waals surface area (Å²) >= 11 is 3.46. The van der Waals surface area contributed by atoms with Crippen LogP contribution in [-0.2, 0) is 4.79 Å². The Morgan fingerprint density at radius 2 is 2.00 bits per heavy atom. The number of hydrogen-bond acceptors (Lipinski definition) is 2. The van der Waals surface area contributed by atoms with Crippen LogP contribution in [0.1, 0.15) is 26.7 Å². The molecule has 0 unspecified atom stereocenters. The SMILES string of the molecule is CC(C)CCNC(=O)CCNc1ccccc1Br. The molecule has 0 aromatic heterocycles. The summed E-state index contributed by atoms with van der Waals surface area (Å²) in [6.07, 6.45) is 1.53. The third kappa shape index (κ3) is 6.05. The van der Waals surface area contributed by atoms with Gasteiger partial charge in [-0.25, -0.2) is 0 Å². The second-order valence-electron chi connectivity index (χ2n) is 4.69. The van der Waals surface area contributed by atoms with Gasteiger partial charge in [0.2, 0.25) is 5.91 Å². The summed E-state index contributed by atoms with van der Waals surface area (Å²) in [4.78, 5) is 11.5. The summed E-state index contributed by atoms with van der Waals surface area (Å²) in [5, 5.41) is 6.16. The minimum absolute atomic E-state index is 0.107. The first kappa shape index (κ1) is 15.0. The van der Waals surface area contributed by atoms with Crippen LogP contribution in [0.4, 0.5) is 5.69 Å². The van der Waals surface area contributed by atoms with E-state index in [9.17, 15) is 4.79 Å². The fourth-order valence-electron chi connectivity index (χ4n) is 1.50. The Labute approximate surface area is 117 Å². The molecule has 0 bridgehead atoms. The van der Waals surface area contributed by atoms with Gasteiger partial charge in [0.25, 0.3) is 0 Å². The lowest BCUT2D eigenvalue weighted by molar-refractivity contribution is -0.120. The molecule has 100 valence electrons. The van der Waals surface area contributed by atoms with Crippen LogP contribution in [-0.4, -0.2) is 19.0 Å². The highest BCUT2D eigenvalue weighted by molar-refractivity contribution is 9.10. The number of anilines is 1. The predicted octanol–water partition coefficient (Wildman–Crippen LogP) is 3.41. The maximum absolute atomic E-state index is 11.5. The smallest absolute Gasteiger partial charge is 0.221 e. The minimum Gasteiger partial charge on any atom is -0.384 e. The number of nitrogens with one attached hydrogen (secondary N) is 2. The molecule has 1 rings (SSSR count). The topological polar surface area (TPSA) is 41.1 Å². The van der Waals surface area contributed by atoms with Gasteiger partial charge in [0.05, 0.1) is 0 Å². The van der Waals surface area contributed by atoms with E-state index in [0.29, 0.717) is 18.9 Å². The van der Waals surface area contributed by atoms with E-state index in [1.807, 2.05) is 24.3 Å². The van der Waals surface area contributed by atoms with Crippen molar-refractivity contribution in [3.05, 3.63) is 28.7 Å². The van der Waals surface area contributed by atoms with Gasteiger partial charge in [-0.2, -0.15) is 0 Å². The summed E-state index contributed by atoms with van der Waals surface area (Å²) in [7, 11) is 0. The summed E-state index contributed by atoms with van der Waals surface area (Å²) in [6, 6.07) is 7.90. The lowest BCUT2D eigenvalue weighted by Crippen LogP contribution is -2.27. The number of rotatable bonds is 7. The van der Waals surface area contributed by atoms with Crippen molar-refractivity contribution >= 4 is 27.5 Å². The number of amides is 1. The van der Waals surface area contributed by atoms with E-state index in [0.717, 1.165) is 23.1 Å². The average Bonchev–Trinajstić information content (AvgIpc) is 2.31. The van der Waals surface area contributed by atoms with Crippen LogP contribution in [0.15, 0.2) is 28.7 Å². The Morgan fingerprint density at radius 3 is 2.67 bits per heavy atom. The van der Waals surface area contributed by atoms with Crippen molar-refractivity contribution < 1.29 is 4.79 Å². The quantitative estimate of drug-likeness (QED) is 0.810. The van der Waals surface area contributed by atoms with E-state index < -0.39 is 0 Å². The first-order valence-electron chi connectivity index (χ1n) is 6.34. The van der Waals surface area contributed by atoms with Gasteiger partial charge in [-0.15, -0.1) is 0 Å². The van der Waals surface area contributed by atoms with Gasteiger partial charge in [-0.05, 0) is 40.4 Å². The summed E-state index contributed by atoms with van der Waals surface area (Å²) in [6.45, 7) is 5.73. The highest BCUT2D eigenvalue weighted by Gasteiger charge is 2.02. The standard InChI is InChI=1S/C14H21BrN2O/c1-11(2)7-9-17-14(18)8-10-16-13-6-4-3-5-12(13)15/h3-6,11,16H,7-10H2,1-2H3,(H,17,18). The Morgan fingerprint density at radius 1 is 1.28 bits per heavy atom. The molecule has 0 aliphatic rings. The molecular formula is C14H21BrN2O. The van der Waals surface area contributed by atoms with Crippen molar-refractivity contribution in [1.29, 1.82) is 0 Å². The maximum atomic E-state index is 11.5. The highest BCUT2D eigenvalue weighted by Crippen LogP contribution is 2.20.